The van der Waals surface area contributed by atoms with Gasteiger partial charge in [-0.2, -0.15) is 0 Å². The predicted molar refractivity (Wildman–Crippen MR) is 62.4 cm³/mol. The fourth-order valence-corrected chi connectivity index (χ4v) is 1.96. The zero-order chi connectivity index (χ0) is 11.5. The van der Waals surface area contributed by atoms with Gasteiger partial charge in [0.25, 0.3) is 0 Å². The van der Waals surface area contributed by atoms with Crippen molar-refractivity contribution in [1.29, 1.82) is 0 Å². The maximum absolute atomic E-state index is 11.7. The Balaban J connectivity index is 2.29. The number of hydrogen-bond donors (Lipinski definition) is 2. The molecule has 3 N–H and O–H groups in total. The number of carbonyl (C=O) groups is 1. The van der Waals surface area contributed by atoms with E-state index in [9.17, 15) is 4.79 Å². The number of amides is 1. The van der Waals surface area contributed by atoms with Gasteiger partial charge in [0.15, 0.2) is 0 Å². The van der Waals surface area contributed by atoms with Crippen LogP contribution in [0.25, 0.3) is 0 Å². The molecule has 0 aromatic carbocycles. The van der Waals surface area contributed by atoms with E-state index in [1.807, 2.05) is 20.8 Å². The molecule has 1 amide bonds. The second-order valence-corrected chi connectivity index (χ2v) is 5.74. The minimum absolute atomic E-state index is 0.00519. The summed E-state index contributed by atoms with van der Waals surface area (Å²) >= 11 is 0. The molecule has 0 spiro atoms. The average molecular weight is 212 g/mol. The molecule has 0 radical (unpaired) electrons. The minimum atomic E-state index is -0.404. The largest absolute Gasteiger partial charge is 0.354 e. The lowest BCUT2D eigenvalue weighted by Crippen LogP contribution is -2.49. The van der Waals surface area contributed by atoms with Crippen molar-refractivity contribution in [2.45, 2.75) is 52.5 Å². The summed E-state index contributed by atoms with van der Waals surface area (Å²) < 4.78 is 0. The summed E-state index contributed by atoms with van der Waals surface area (Å²) in [5, 5.41) is 2.97. The van der Waals surface area contributed by atoms with E-state index in [4.69, 9.17) is 5.73 Å². The van der Waals surface area contributed by atoms with Gasteiger partial charge in [0.2, 0.25) is 5.91 Å². The Morgan fingerprint density at radius 2 is 1.93 bits per heavy atom. The molecule has 1 aliphatic carbocycles. The second-order valence-electron chi connectivity index (χ2n) is 5.74. The van der Waals surface area contributed by atoms with Gasteiger partial charge in [0, 0.05) is 6.54 Å². The molecule has 15 heavy (non-hydrogen) atoms. The quantitative estimate of drug-likeness (QED) is 0.747. The maximum Gasteiger partial charge on any atom is 0.237 e. The highest BCUT2D eigenvalue weighted by Crippen LogP contribution is 2.24. The van der Waals surface area contributed by atoms with Gasteiger partial charge >= 0.3 is 0 Å². The van der Waals surface area contributed by atoms with Crippen molar-refractivity contribution in [2.75, 3.05) is 6.54 Å². The van der Waals surface area contributed by atoms with Crippen LogP contribution < -0.4 is 11.1 Å². The average Bonchev–Trinajstić information content (AvgIpc) is 2.63. The Kier molecular flexibility index (Phi) is 4.14. The lowest BCUT2D eigenvalue weighted by molar-refractivity contribution is -0.124. The topological polar surface area (TPSA) is 55.1 Å². The van der Waals surface area contributed by atoms with Crippen LogP contribution in [0.3, 0.4) is 0 Å². The zero-order valence-electron chi connectivity index (χ0n) is 10.2. The Bertz CT molecular complexity index is 214. The summed E-state index contributed by atoms with van der Waals surface area (Å²) in [7, 11) is 0. The lowest BCUT2D eigenvalue weighted by Gasteiger charge is -2.26. The third-order valence-corrected chi connectivity index (χ3v) is 3.26. The van der Waals surface area contributed by atoms with Crippen LogP contribution in [0.5, 0.6) is 0 Å². The normalized spacial score (nSPS) is 20.3. The highest BCUT2D eigenvalue weighted by Gasteiger charge is 2.27. The van der Waals surface area contributed by atoms with E-state index < -0.39 is 6.04 Å². The molecule has 1 fully saturated rings. The number of rotatable bonds is 3. The van der Waals surface area contributed by atoms with Gasteiger partial charge in [-0.05, 0) is 24.2 Å². The summed E-state index contributed by atoms with van der Waals surface area (Å²) in [6.07, 6.45) is 5.13. The Hall–Kier alpha value is -0.570. The first kappa shape index (κ1) is 12.5. The summed E-state index contributed by atoms with van der Waals surface area (Å²) in [5.41, 5.74) is 5.71. The predicted octanol–water partition coefficient (Wildman–Crippen LogP) is 1.67. The summed E-state index contributed by atoms with van der Waals surface area (Å²) in [4.78, 5) is 11.7. The van der Waals surface area contributed by atoms with Crippen molar-refractivity contribution >= 4 is 5.91 Å². The van der Waals surface area contributed by atoms with Crippen molar-refractivity contribution in [3.63, 3.8) is 0 Å². The monoisotopic (exact) mass is 212 g/mol. The molecule has 1 saturated carbocycles. The van der Waals surface area contributed by atoms with E-state index in [1.165, 1.54) is 25.7 Å². The molecule has 1 rings (SSSR count). The third kappa shape index (κ3) is 3.82. The number of nitrogens with one attached hydrogen (secondary N) is 1. The first-order valence-corrected chi connectivity index (χ1v) is 5.94. The van der Waals surface area contributed by atoms with Crippen molar-refractivity contribution < 1.29 is 4.79 Å². The number of hydrogen-bond acceptors (Lipinski definition) is 2. The molecular weight excluding hydrogens is 188 g/mol. The Labute approximate surface area is 92.8 Å². The van der Waals surface area contributed by atoms with Gasteiger partial charge < -0.3 is 11.1 Å². The van der Waals surface area contributed by atoms with E-state index in [2.05, 4.69) is 5.32 Å². The first-order chi connectivity index (χ1) is 6.91. The molecule has 0 heterocycles. The van der Waals surface area contributed by atoms with Crippen molar-refractivity contribution in [1.82, 2.24) is 5.32 Å². The van der Waals surface area contributed by atoms with Gasteiger partial charge in [-0.1, -0.05) is 33.6 Å². The minimum Gasteiger partial charge on any atom is -0.354 e. The number of carbonyl (C=O) groups excluding carboxylic acids is 1. The molecule has 3 nitrogen and oxygen atoms in total. The van der Waals surface area contributed by atoms with Crippen LogP contribution in [0.15, 0.2) is 0 Å². The van der Waals surface area contributed by atoms with Crippen LogP contribution in [0.2, 0.25) is 0 Å². The summed E-state index contributed by atoms with van der Waals surface area (Å²) in [6, 6.07) is -0.404. The first-order valence-electron chi connectivity index (χ1n) is 5.94. The summed E-state index contributed by atoms with van der Waals surface area (Å²) in [5.74, 6) is 0.676. The Morgan fingerprint density at radius 1 is 1.40 bits per heavy atom. The van der Waals surface area contributed by atoms with Crippen LogP contribution in [-0.2, 0) is 4.79 Å². The fourth-order valence-electron chi connectivity index (χ4n) is 1.96. The smallest absolute Gasteiger partial charge is 0.237 e. The fraction of sp³-hybridized carbons (Fsp3) is 0.917. The number of nitrogens with two attached hydrogens (primary N) is 1. The van der Waals surface area contributed by atoms with Gasteiger partial charge in [0.05, 0.1) is 6.04 Å². The van der Waals surface area contributed by atoms with Crippen LogP contribution in [-0.4, -0.2) is 18.5 Å². The van der Waals surface area contributed by atoms with Crippen LogP contribution >= 0.6 is 0 Å². The van der Waals surface area contributed by atoms with E-state index >= 15 is 0 Å². The van der Waals surface area contributed by atoms with Gasteiger partial charge in [0.1, 0.15) is 0 Å². The highest BCUT2D eigenvalue weighted by molar-refractivity contribution is 5.82. The van der Waals surface area contributed by atoms with Crippen molar-refractivity contribution in [2.24, 2.45) is 17.1 Å². The molecule has 0 saturated heterocycles. The Morgan fingerprint density at radius 3 is 2.40 bits per heavy atom. The van der Waals surface area contributed by atoms with Crippen molar-refractivity contribution in [3.05, 3.63) is 0 Å². The van der Waals surface area contributed by atoms with Gasteiger partial charge in [-0.25, -0.2) is 0 Å². The second kappa shape index (κ2) is 4.97. The lowest BCUT2D eigenvalue weighted by atomic mass is 9.87. The molecule has 0 aromatic rings. The van der Waals surface area contributed by atoms with Gasteiger partial charge in [-0.15, -0.1) is 0 Å². The third-order valence-electron chi connectivity index (χ3n) is 3.26. The SMILES string of the molecule is CC(C)(C)[C@@H](N)C(=O)NCC1CCCC1. The molecule has 1 aliphatic rings. The molecule has 3 heteroatoms. The van der Waals surface area contributed by atoms with E-state index in [1.54, 1.807) is 0 Å². The molecule has 1 atom stereocenters. The molecular formula is C12H24N2O. The summed E-state index contributed by atoms with van der Waals surface area (Å²) in [6.45, 7) is 6.79. The molecule has 0 bridgehead atoms. The molecule has 0 aromatic heterocycles. The molecule has 88 valence electrons. The molecule has 0 aliphatic heterocycles. The van der Waals surface area contributed by atoms with E-state index in [0.29, 0.717) is 5.92 Å². The van der Waals surface area contributed by atoms with Crippen molar-refractivity contribution in [3.8, 4) is 0 Å². The van der Waals surface area contributed by atoms with E-state index in [-0.39, 0.29) is 11.3 Å². The van der Waals surface area contributed by atoms with Crippen LogP contribution in [0.1, 0.15) is 46.5 Å². The van der Waals surface area contributed by atoms with Crippen LogP contribution in [0.4, 0.5) is 0 Å². The van der Waals surface area contributed by atoms with Crippen LogP contribution in [0, 0.1) is 11.3 Å². The van der Waals surface area contributed by atoms with Gasteiger partial charge in [-0.3, -0.25) is 4.79 Å². The zero-order valence-corrected chi connectivity index (χ0v) is 10.2. The molecule has 0 unspecified atom stereocenters. The maximum atomic E-state index is 11.7. The highest BCUT2D eigenvalue weighted by atomic mass is 16.2. The van der Waals surface area contributed by atoms with E-state index in [0.717, 1.165) is 6.54 Å². The standard InChI is InChI=1S/C12H24N2O/c1-12(2,3)10(13)11(15)14-8-9-6-4-5-7-9/h9-10H,4-8,13H2,1-3H3,(H,14,15)/t10-/m0/s1.